The normalized spacial score (nSPS) is 17.2. The van der Waals surface area contributed by atoms with E-state index in [2.05, 4.69) is 50.8 Å². The highest BCUT2D eigenvalue weighted by Crippen LogP contribution is 2.36. The Hall–Kier alpha value is -2.86. The molecule has 1 aliphatic rings. The van der Waals surface area contributed by atoms with Gasteiger partial charge in [0, 0.05) is 42.3 Å². The third kappa shape index (κ3) is 4.19. The van der Waals surface area contributed by atoms with Gasteiger partial charge in [-0.3, -0.25) is 4.90 Å². The number of nitrogens with zero attached hydrogens (tertiary/aromatic N) is 2. The summed E-state index contributed by atoms with van der Waals surface area (Å²) < 4.78 is 20.5. The van der Waals surface area contributed by atoms with Gasteiger partial charge in [-0.2, -0.15) is 0 Å². The number of rotatable bonds is 5. The quantitative estimate of drug-likeness (QED) is 0.638. The molecular formula is C24H28FN3O2. The van der Waals surface area contributed by atoms with Crippen molar-refractivity contribution in [2.75, 3.05) is 26.7 Å². The van der Waals surface area contributed by atoms with Crippen LogP contribution in [0.5, 0.6) is 0 Å². The number of hydrogen-bond acceptors (Lipinski definition) is 3. The number of halogens is 1. The Balaban J connectivity index is 1.70. The Morgan fingerprint density at radius 2 is 2.00 bits per heavy atom. The molecule has 0 radical (unpaired) electrons. The standard InChI is InChI=1S/C24H28FN3O2/c1-17-6-11-22-20(15-17)21(18-7-9-19(25)10-8-18)16-28(22)23-5-3-4-13-27(23)14-12-26-24(29)30-2/h6-11,15-16,23H,3-5,12-14H2,1-2H3,(H,26,29). The number of fused-ring (bicyclic) bond motifs is 1. The largest absolute Gasteiger partial charge is 0.453 e. The van der Waals surface area contributed by atoms with Gasteiger partial charge in [0.25, 0.3) is 0 Å². The number of alkyl carbamates (subject to hydrolysis) is 1. The molecule has 1 aromatic heterocycles. The van der Waals surface area contributed by atoms with Crippen molar-refractivity contribution in [2.24, 2.45) is 0 Å². The molecule has 5 nitrogen and oxygen atoms in total. The van der Waals surface area contributed by atoms with Crippen molar-refractivity contribution in [3.63, 3.8) is 0 Å². The van der Waals surface area contributed by atoms with E-state index < -0.39 is 6.09 Å². The second kappa shape index (κ2) is 8.88. The number of aryl methyl sites for hydroxylation is 1. The second-order valence-electron chi connectivity index (χ2n) is 7.91. The van der Waals surface area contributed by atoms with E-state index in [0.29, 0.717) is 6.54 Å². The summed E-state index contributed by atoms with van der Waals surface area (Å²) >= 11 is 0. The van der Waals surface area contributed by atoms with Crippen LogP contribution in [0.4, 0.5) is 9.18 Å². The van der Waals surface area contributed by atoms with Gasteiger partial charge in [-0.25, -0.2) is 9.18 Å². The predicted molar refractivity (Wildman–Crippen MR) is 117 cm³/mol. The van der Waals surface area contributed by atoms with E-state index in [-0.39, 0.29) is 12.0 Å². The zero-order valence-corrected chi connectivity index (χ0v) is 17.5. The fourth-order valence-electron chi connectivity index (χ4n) is 4.40. The number of carbonyl (C=O) groups excluding carboxylic acids is 1. The van der Waals surface area contributed by atoms with E-state index in [0.717, 1.165) is 37.1 Å². The predicted octanol–water partition coefficient (Wildman–Crippen LogP) is 5.10. The van der Waals surface area contributed by atoms with Crippen LogP contribution in [-0.2, 0) is 4.74 Å². The summed E-state index contributed by atoms with van der Waals surface area (Å²) in [6, 6.07) is 13.2. The first kappa shape index (κ1) is 20.4. The topological polar surface area (TPSA) is 46.5 Å². The first-order valence-electron chi connectivity index (χ1n) is 10.5. The molecule has 3 aromatic rings. The molecule has 2 aromatic carbocycles. The number of hydrogen-bond donors (Lipinski definition) is 1. The number of aromatic nitrogens is 1. The van der Waals surface area contributed by atoms with Crippen molar-refractivity contribution in [3.8, 4) is 11.1 Å². The first-order chi connectivity index (χ1) is 14.6. The summed E-state index contributed by atoms with van der Waals surface area (Å²) in [5.41, 5.74) is 4.51. The zero-order valence-electron chi connectivity index (χ0n) is 17.5. The lowest BCUT2D eigenvalue weighted by Gasteiger charge is -2.37. The average molecular weight is 410 g/mol. The van der Waals surface area contributed by atoms with Crippen LogP contribution in [0.25, 0.3) is 22.0 Å². The minimum absolute atomic E-state index is 0.220. The molecule has 1 saturated heterocycles. The zero-order chi connectivity index (χ0) is 21.1. The van der Waals surface area contributed by atoms with Crippen LogP contribution in [0.1, 0.15) is 31.0 Å². The Bertz CT molecular complexity index is 1030. The maximum atomic E-state index is 13.5. The number of nitrogens with one attached hydrogen (secondary N) is 1. The van der Waals surface area contributed by atoms with E-state index in [1.54, 1.807) is 0 Å². The van der Waals surface area contributed by atoms with Crippen molar-refractivity contribution in [2.45, 2.75) is 32.4 Å². The lowest BCUT2D eigenvalue weighted by molar-refractivity contribution is 0.0985. The number of piperidine rings is 1. The number of methoxy groups -OCH3 is 1. The van der Waals surface area contributed by atoms with Crippen LogP contribution in [0.2, 0.25) is 0 Å². The molecule has 6 heteroatoms. The van der Waals surface area contributed by atoms with Gasteiger partial charge in [-0.1, -0.05) is 23.8 Å². The number of ether oxygens (including phenoxy) is 1. The smallest absolute Gasteiger partial charge is 0.406 e. The summed E-state index contributed by atoms with van der Waals surface area (Å²) in [5.74, 6) is -0.227. The minimum atomic E-state index is -0.399. The van der Waals surface area contributed by atoms with E-state index in [4.69, 9.17) is 0 Å². The number of likely N-dealkylation sites (tertiary alicyclic amines) is 1. The van der Waals surface area contributed by atoms with Crippen LogP contribution in [-0.4, -0.2) is 42.3 Å². The molecule has 1 amide bonds. The van der Waals surface area contributed by atoms with Crippen molar-refractivity contribution >= 4 is 17.0 Å². The van der Waals surface area contributed by atoms with Crippen molar-refractivity contribution in [1.82, 2.24) is 14.8 Å². The van der Waals surface area contributed by atoms with Crippen molar-refractivity contribution < 1.29 is 13.9 Å². The molecule has 1 aliphatic heterocycles. The fourth-order valence-corrected chi connectivity index (χ4v) is 4.40. The van der Waals surface area contributed by atoms with Crippen molar-refractivity contribution in [3.05, 3.63) is 60.0 Å². The van der Waals surface area contributed by atoms with Gasteiger partial charge in [0.15, 0.2) is 0 Å². The number of benzene rings is 2. The van der Waals surface area contributed by atoms with E-state index in [1.807, 2.05) is 12.1 Å². The van der Waals surface area contributed by atoms with Crippen molar-refractivity contribution in [1.29, 1.82) is 0 Å². The molecular weight excluding hydrogens is 381 g/mol. The maximum absolute atomic E-state index is 13.5. The van der Waals surface area contributed by atoms with Gasteiger partial charge < -0.3 is 14.6 Å². The molecule has 0 saturated carbocycles. The first-order valence-corrected chi connectivity index (χ1v) is 10.5. The molecule has 158 valence electrons. The number of amides is 1. The van der Waals surface area contributed by atoms with E-state index in [9.17, 15) is 9.18 Å². The summed E-state index contributed by atoms with van der Waals surface area (Å²) in [5, 5.41) is 3.97. The third-order valence-electron chi connectivity index (χ3n) is 5.90. The van der Waals surface area contributed by atoms with Crippen LogP contribution in [0.15, 0.2) is 48.7 Å². The molecule has 0 spiro atoms. The Morgan fingerprint density at radius 1 is 1.20 bits per heavy atom. The molecule has 1 N–H and O–H groups in total. The molecule has 1 fully saturated rings. The van der Waals surface area contributed by atoms with Gasteiger partial charge in [0.2, 0.25) is 0 Å². The Kier molecular flexibility index (Phi) is 6.04. The highest BCUT2D eigenvalue weighted by molar-refractivity contribution is 5.96. The molecule has 1 unspecified atom stereocenters. The summed E-state index contributed by atoms with van der Waals surface area (Å²) in [6.45, 7) is 4.39. The molecule has 4 rings (SSSR count). The molecule has 1 atom stereocenters. The highest BCUT2D eigenvalue weighted by Gasteiger charge is 2.26. The van der Waals surface area contributed by atoms with Crippen LogP contribution in [0.3, 0.4) is 0 Å². The van der Waals surface area contributed by atoms with Crippen LogP contribution >= 0.6 is 0 Å². The highest BCUT2D eigenvalue weighted by atomic mass is 19.1. The Morgan fingerprint density at radius 3 is 2.77 bits per heavy atom. The van der Waals surface area contributed by atoms with Gasteiger partial charge in [0.05, 0.1) is 13.3 Å². The van der Waals surface area contributed by atoms with E-state index in [1.165, 1.54) is 42.1 Å². The van der Waals surface area contributed by atoms with Gasteiger partial charge in [0.1, 0.15) is 5.82 Å². The molecule has 30 heavy (non-hydrogen) atoms. The molecule has 0 aliphatic carbocycles. The summed E-state index contributed by atoms with van der Waals surface area (Å²) in [7, 11) is 1.38. The van der Waals surface area contributed by atoms with Gasteiger partial charge in [-0.05, 0) is 56.0 Å². The fraction of sp³-hybridized carbons (Fsp3) is 0.375. The summed E-state index contributed by atoms with van der Waals surface area (Å²) in [6.07, 6.45) is 5.40. The van der Waals surface area contributed by atoms with Crippen LogP contribution in [0, 0.1) is 12.7 Å². The Labute approximate surface area is 176 Å². The van der Waals surface area contributed by atoms with Gasteiger partial charge >= 0.3 is 6.09 Å². The monoisotopic (exact) mass is 409 g/mol. The number of carbonyl (C=O) groups is 1. The lowest BCUT2D eigenvalue weighted by Crippen LogP contribution is -2.41. The van der Waals surface area contributed by atoms with Gasteiger partial charge in [-0.15, -0.1) is 0 Å². The van der Waals surface area contributed by atoms with E-state index >= 15 is 0 Å². The lowest BCUT2D eigenvalue weighted by atomic mass is 10.0. The summed E-state index contributed by atoms with van der Waals surface area (Å²) in [4.78, 5) is 13.8. The van der Waals surface area contributed by atoms with Crippen LogP contribution < -0.4 is 5.32 Å². The third-order valence-corrected chi connectivity index (χ3v) is 5.90. The second-order valence-corrected chi connectivity index (χ2v) is 7.91. The average Bonchev–Trinajstić information content (AvgIpc) is 3.13. The minimum Gasteiger partial charge on any atom is -0.453 e. The SMILES string of the molecule is COC(=O)NCCN1CCCCC1n1cc(-c2ccc(F)cc2)c2cc(C)ccc21. The maximum Gasteiger partial charge on any atom is 0.406 e. The molecule has 0 bridgehead atoms. The molecule has 2 heterocycles.